The van der Waals surface area contributed by atoms with Crippen molar-refractivity contribution in [2.75, 3.05) is 0 Å². The number of fused-ring (bicyclic) bond motifs is 1. The van der Waals surface area contributed by atoms with Gasteiger partial charge in [0, 0.05) is 10.8 Å². The van der Waals surface area contributed by atoms with E-state index in [1.807, 2.05) is 0 Å². The number of benzene rings is 1. The van der Waals surface area contributed by atoms with Crippen LogP contribution in [-0.4, -0.2) is 0 Å². The summed E-state index contributed by atoms with van der Waals surface area (Å²) in [7, 11) is 0. The number of allylic oxidation sites excluding steroid dienone is 4. The minimum absolute atomic E-state index is 0.468. The molecule has 4 rings (SSSR count). The van der Waals surface area contributed by atoms with Gasteiger partial charge in [-0.15, -0.1) is 0 Å². The van der Waals surface area contributed by atoms with Crippen LogP contribution in [0.1, 0.15) is 24.0 Å². The summed E-state index contributed by atoms with van der Waals surface area (Å²) in [6, 6.07) is 9.00. The largest absolute Gasteiger partial charge is 0.0876 e. The van der Waals surface area contributed by atoms with Crippen molar-refractivity contribution in [3.8, 4) is 0 Å². The molecule has 3 aliphatic rings. The van der Waals surface area contributed by atoms with E-state index in [-0.39, 0.29) is 0 Å². The highest BCUT2D eigenvalue weighted by atomic mass is 14.6. The second-order valence-electron chi connectivity index (χ2n) is 5.65. The fraction of sp³-hybridized carbons (Fsp3) is 0.375. The Morgan fingerprint density at radius 3 is 1.69 bits per heavy atom. The van der Waals surface area contributed by atoms with E-state index in [2.05, 4.69) is 48.6 Å². The van der Waals surface area contributed by atoms with Gasteiger partial charge in [0.15, 0.2) is 0 Å². The van der Waals surface area contributed by atoms with Gasteiger partial charge in [-0.3, -0.25) is 0 Å². The molecule has 80 valence electrons. The van der Waals surface area contributed by atoms with Crippen molar-refractivity contribution in [3.63, 3.8) is 0 Å². The van der Waals surface area contributed by atoms with Gasteiger partial charge in [0.1, 0.15) is 0 Å². The molecule has 0 N–H and O–H groups in total. The molecule has 0 bridgehead atoms. The summed E-state index contributed by atoms with van der Waals surface area (Å²) in [6.45, 7) is 0. The van der Waals surface area contributed by atoms with Crippen molar-refractivity contribution >= 4 is 0 Å². The summed E-state index contributed by atoms with van der Waals surface area (Å²) < 4.78 is 0. The molecule has 0 heterocycles. The molecule has 3 aliphatic carbocycles. The number of hydrogen-bond acceptors (Lipinski definition) is 0. The van der Waals surface area contributed by atoms with Crippen LogP contribution in [0.5, 0.6) is 0 Å². The summed E-state index contributed by atoms with van der Waals surface area (Å²) in [5.41, 5.74) is 4.10. The van der Waals surface area contributed by atoms with Crippen LogP contribution >= 0.6 is 0 Å². The molecule has 0 heteroatoms. The zero-order chi connectivity index (χ0) is 10.6. The quantitative estimate of drug-likeness (QED) is 0.570. The van der Waals surface area contributed by atoms with Crippen LogP contribution in [0.15, 0.2) is 48.6 Å². The minimum atomic E-state index is 0.468. The lowest BCUT2D eigenvalue weighted by molar-refractivity contribution is 0.0799. The maximum Gasteiger partial charge on any atom is 0.00539 e. The van der Waals surface area contributed by atoms with Gasteiger partial charge >= 0.3 is 0 Å². The van der Waals surface area contributed by atoms with Crippen molar-refractivity contribution in [3.05, 3.63) is 59.7 Å². The zero-order valence-electron chi connectivity index (χ0n) is 9.45. The second kappa shape index (κ2) is 2.68. The molecule has 0 unspecified atom stereocenters. The maximum absolute atomic E-state index is 2.48. The highest BCUT2D eigenvalue weighted by molar-refractivity contribution is 5.44. The smallest absolute Gasteiger partial charge is 0.00539 e. The zero-order valence-corrected chi connectivity index (χ0v) is 9.45. The molecule has 0 aromatic heterocycles. The Morgan fingerprint density at radius 2 is 1.25 bits per heavy atom. The van der Waals surface area contributed by atoms with Gasteiger partial charge in [-0.05, 0) is 36.8 Å². The van der Waals surface area contributed by atoms with E-state index in [0.29, 0.717) is 10.8 Å². The van der Waals surface area contributed by atoms with Crippen molar-refractivity contribution < 1.29 is 0 Å². The SMILES string of the molecule is C1=CC[C@@]23C=C[C@]2(C1)Cc1ccccc1C3. The maximum atomic E-state index is 2.48. The first-order valence-electron chi connectivity index (χ1n) is 6.26. The Hall–Kier alpha value is -1.30. The van der Waals surface area contributed by atoms with Crippen LogP contribution < -0.4 is 0 Å². The highest BCUT2D eigenvalue weighted by Gasteiger charge is 2.55. The third-order valence-corrected chi connectivity index (χ3v) is 4.97. The summed E-state index contributed by atoms with van der Waals surface area (Å²) in [6.07, 6.45) is 14.7. The molecule has 0 spiro atoms. The van der Waals surface area contributed by atoms with Gasteiger partial charge in [-0.1, -0.05) is 48.6 Å². The molecule has 1 aromatic rings. The van der Waals surface area contributed by atoms with Crippen molar-refractivity contribution in [1.82, 2.24) is 0 Å². The molecule has 0 aliphatic heterocycles. The van der Waals surface area contributed by atoms with Gasteiger partial charge in [0.05, 0.1) is 0 Å². The number of rotatable bonds is 0. The molecule has 0 fully saturated rings. The Kier molecular flexibility index (Phi) is 1.48. The first kappa shape index (κ1) is 8.81. The molecule has 16 heavy (non-hydrogen) atoms. The van der Waals surface area contributed by atoms with E-state index >= 15 is 0 Å². The third-order valence-electron chi connectivity index (χ3n) is 4.97. The lowest BCUT2D eigenvalue weighted by atomic mass is 9.45. The molecule has 0 amide bonds. The molecule has 0 nitrogen and oxygen atoms in total. The predicted octanol–water partition coefficient (Wildman–Crippen LogP) is 3.68. The lowest BCUT2D eigenvalue weighted by Crippen LogP contribution is -2.52. The van der Waals surface area contributed by atoms with E-state index in [1.54, 1.807) is 11.1 Å². The standard InChI is InChI=1S/C16H16/c1-2-6-14-12-16-8-4-3-7-15(16,9-10-16)11-13(14)5-1/h1-6,9-10H,7-8,11-12H2/t15-,16+. The topological polar surface area (TPSA) is 0 Å². The fourth-order valence-electron chi connectivity index (χ4n) is 3.88. The van der Waals surface area contributed by atoms with Crippen molar-refractivity contribution in [2.24, 2.45) is 10.8 Å². The van der Waals surface area contributed by atoms with Gasteiger partial charge in [-0.25, -0.2) is 0 Å². The van der Waals surface area contributed by atoms with Crippen LogP contribution in [-0.2, 0) is 12.8 Å². The van der Waals surface area contributed by atoms with Gasteiger partial charge in [0.2, 0.25) is 0 Å². The monoisotopic (exact) mass is 208 g/mol. The number of hydrogen-bond donors (Lipinski definition) is 0. The molecule has 0 saturated carbocycles. The fourth-order valence-corrected chi connectivity index (χ4v) is 3.88. The molecular weight excluding hydrogens is 192 g/mol. The van der Waals surface area contributed by atoms with Gasteiger partial charge < -0.3 is 0 Å². The second-order valence-corrected chi connectivity index (χ2v) is 5.65. The Balaban J connectivity index is 1.88. The third kappa shape index (κ3) is 0.870. The average Bonchev–Trinajstić information content (AvgIpc) is 2.30. The first-order chi connectivity index (χ1) is 7.84. The van der Waals surface area contributed by atoms with Crippen LogP contribution in [0.2, 0.25) is 0 Å². The minimum Gasteiger partial charge on any atom is -0.0876 e. The van der Waals surface area contributed by atoms with Crippen LogP contribution in [0.3, 0.4) is 0 Å². The van der Waals surface area contributed by atoms with E-state index in [1.165, 1.54) is 25.7 Å². The van der Waals surface area contributed by atoms with E-state index in [9.17, 15) is 0 Å². The normalized spacial score (nSPS) is 38.2. The van der Waals surface area contributed by atoms with Gasteiger partial charge in [-0.2, -0.15) is 0 Å². The molecule has 2 atom stereocenters. The average molecular weight is 208 g/mol. The Morgan fingerprint density at radius 1 is 0.750 bits per heavy atom. The van der Waals surface area contributed by atoms with Crippen LogP contribution in [0.25, 0.3) is 0 Å². The first-order valence-corrected chi connectivity index (χ1v) is 6.26. The summed E-state index contributed by atoms with van der Waals surface area (Å²) >= 11 is 0. The van der Waals surface area contributed by atoms with Crippen LogP contribution in [0, 0.1) is 10.8 Å². The summed E-state index contributed by atoms with van der Waals surface area (Å²) in [4.78, 5) is 0. The molecule has 1 aromatic carbocycles. The van der Waals surface area contributed by atoms with Crippen molar-refractivity contribution in [1.29, 1.82) is 0 Å². The van der Waals surface area contributed by atoms with E-state index in [4.69, 9.17) is 0 Å². The van der Waals surface area contributed by atoms with Crippen molar-refractivity contribution in [2.45, 2.75) is 25.7 Å². The Labute approximate surface area is 96.7 Å². The lowest BCUT2D eigenvalue weighted by Gasteiger charge is -2.58. The predicted molar refractivity (Wildman–Crippen MR) is 66.2 cm³/mol. The van der Waals surface area contributed by atoms with E-state index < -0.39 is 0 Å². The molecule has 0 radical (unpaired) electrons. The Bertz CT molecular complexity index is 464. The molecule has 0 saturated heterocycles. The highest BCUT2D eigenvalue weighted by Crippen LogP contribution is 2.62. The van der Waals surface area contributed by atoms with Gasteiger partial charge in [0.25, 0.3) is 0 Å². The van der Waals surface area contributed by atoms with Crippen LogP contribution in [0.4, 0.5) is 0 Å². The molecular formula is C16H16. The van der Waals surface area contributed by atoms with E-state index in [0.717, 1.165) is 0 Å². The summed E-state index contributed by atoms with van der Waals surface area (Å²) in [5.74, 6) is 0. The summed E-state index contributed by atoms with van der Waals surface area (Å²) in [5, 5.41) is 0.